The molecule has 2 aromatic carbocycles. The molecule has 33 heavy (non-hydrogen) atoms. The van der Waals surface area contributed by atoms with E-state index in [0.29, 0.717) is 24.3 Å². The highest BCUT2D eigenvalue weighted by atomic mass is 31.2. The van der Waals surface area contributed by atoms with Crippen LogP contribution >= 0.6 is 7.52 Å². The summed E-state index contributed by atoms with van der Waals surface area (Å²) < 4.78 is 24.3. The van der Waals surface area contributed by atoms with Gasteiger partial charge in [-0.2, -0.15) is 0 Å². The van der Waals surface area contributed by atoms with Crippen LogP contribution in [0.4, 0.5) is 0 Å². The molecule has 2 aromatic rings. The molecule has 4 rings (SSSR count). The molecule has 2 aliphatic rings. The Morgan fingerprint density at radius 1 is 1.03 bits per heavy atom. The lowest BCUT2D eigenvalue weighted by molar-refractivity contribution is -0.0554. The van der Waals surface area contributed by atoms with Crippen molar-refractivity contribution in [2.75, 3.05) is 6.54 Å². The molecule has 4 nitrogen and oxygen atoms in total. The molecule has 2 fully saturated rings. The Bertz CT molecular complexity index is 962. The van der Waals surface area contributed by atoms with Crippen LogP contribution in [0.25, 0.3) is 0 Å². The van der Waals surface area contributed by atoms with E-state index in [4.69, 9.17) is 4.52 Å². The standard InChI is InChI=1S/C28H40NO3P/c1-20(2)19-29-28(4,5)24-17-16-21(3)18-25(24)32-33(29,31)27(23-14-10-7-11-15-23)26(30)22-12-8-6-9-13-22/h6-15,20-21,24-27,30H,16-19H2,1-5H3/t21-,24-,25-,26-,27-,33+/m1/s1. The molecular weight excluding hydrogens is 429 g/mol. The van der Waals surface area contributed by atoms with Gasteiger partial charge in [0.25, 0.3) is 7.52 Å². The van der Waals surface area contributed by atoms with Crippen molar-refractivity contribution in [2.24, 2.45) is 17.8 Å². The molecule has 0 amide bonds. The summed E-state index contributed by atoms with van der Waals surface area (Å²) >= 11 is 0. The second kappa shape index (κ2) is 9.66. The minimum atomic E-state index is -3.49. The highest BCUT2D eigenvalue weighted by Gasteiger charge is 2.59. The topological polar surface area (TPSA) is 49.8 Å². The third-order valence-electron chi connectivity index (χ3n) is 7.72. The fraction of sp³-hybridized carbons (Fsp3) is 0.571. The number of hydrogen-bond acceptors (Lipinski definition) is 3. The van der Waals surface area contributed by atoms with Crippen molar-refractivity contribution in [2.45, 2.75) is 77.3 Å². The smallest absolute Gasteiger partial charge is 0.283 e. The van der Waals surface area contributed by atoms with E-state index >= 15 is 4.57 Å². The summed E-state index contributed by atoms with van der Waals surface area (Å²) in [5.41, 5.74) is 0.694. The van der Waals surface area contributed by atoms with Gasteiger partial charge in [-0.3, -0.25) is 4.57 Å². The Balaban J connectivity index is 1.87. The molecule has 1 N–H and O–H groups in total. The Kier molecular flexibility index (Phi) is 7.22. The maximum atomic E-state index is 15.3. The SMILES string of the molecule is CC(C)CN1C(C)(C)[C@@H]2CC[C@@H](C)C[C@H]2O[P@@]1(=O)[C@H](c1ccccc1)[C@H](O)c1ccccc1. The summed E-state index contributed by atoms with van der Waals surface area (Å²) in [5, 5.41) is 11.7. The lowest BCUT2D eigenvalue weighted by Crippen LogP contribution is -2.59. The number of rotatable bonds is 6. The van der Waals surface area contributed by atoms with Gasteiger partial charge in [0.15, 0.2) is 0 Å². The van der Waals surface area contributed by atoms with E-state index in [9.17, 15) is 5.11 Å². The van der Waals surface area contributed by atoms with Gasteiger partial charge in [0.05, 0.1) is 12.2 Å². The number of hydrogen-bond donors (Lipinski definition) is 1. The van der Waals surface area contributed by atoms with Crippen molar-refractivity contribution in [3.05, 3.63) is 71.8 Å². The van der Waals surface area contributed by atoms with Gasteiger partial charge in [0, 0.05) is 18.0 Å². The zero-order chi connectivity index (χ0) is 23.8. The fourth-order valence-electron chi connectivity index (χ4n) is 6.00. The van der Waals surface area contributed by atoms with Gasteiger partial charge >= 0.3 is 0 Å². The summed E-state index contributed by atoms with van der Waals surface area (Å²) in [6.45, 7) is 11.8. The van der Waals surface area contributed by atoms with Crippen LogP contribution in [0, 0.1) is 17.8 Å². The van der Waals surface area contributed by atoms with Crippen molar-refractivity contribution < 1.29 is 14.2 Å². The molecule has 1 heterocycles. The second-order valence-electron chi connectivity index (χ2n) is 11.1. The zero-order valence-corrected chi connectivity index (χ0v) is 21.6. The first-order valence-electron chi connectivity index (χ1n) is 12.5. The average molecular weight is 470 g/mol. The second-order valence-corrected chi connectivity index (χ2v) is 13.5. The van der Waals surface area contributed by atoms with Gasteiger partial charge in [-0.1, -0.05) is 87.9 Å². The molecule has 5 heteroatoms. The van der Waals surface area contributed by atoms with Crippen LogP contribution < -0.4 is 0 Å². The summed E-state index contributed by atoms with van der Waals surface area (Å²) in [7, 11) is -3.49. The van der Waals surface area contributed by atoms with Gasteiger partial charge in [0.1, 0.15) is 5.66 Å². The minimum absolute atomic E-state index is 0.0489. The van der Waals surface area contributed by atoms with Crippen LogP contribution in [0.5, 0.6) is 0 Å². The number of aliphatic hydroxyl groups is 1. The zero-order valence-electron chi connectivity index (χ0n) is 20.7. The van der Waals surface area contributed by atoms with Crippen LogP contribution in [-0.4, -0.2) is 28.0 Å². The monoisotopic (exact) mass is 469 g/mol. The van der Waals surface area contributed by atoms with E-state index in [1.807, 2.05) is 60.7 Å². The molecule has 0 bridgehead atoms. The Labute approximate surface area is 199 Å². The number of benzene rings is 2. The molecule has 0 aromatic heterocycles. The largest absolute Gasteiger partial charge is 0.387 e. The summed E-state index contributed by atoms with van der Waals surface area (Å²) in [5.74, 6) is 1.21. The number of aliphatic hydroxyl groups excluding tert-OH is 1. The van der Waals surface area contributed by atoms with Gasteiger partial charge < -0.3 is 9.63 Å². The van der Waals surface area contributed by atoms with Crippen molar-refractivity contribution in [1.29, 1.82) is 0 Å². The molecule has 1 aliphatic heterocycles. The summed E-state index contributed by atoms with van der Waals surface area (Å²) in [6, 6.07) is 19.5. The molecule has 1 aliphatic carbocycles. The van der Waals surface area contributed by atoms with Gasteiger partial charge in [-0.25, -0.2) is 4.67 Å². The number of nitrogens with zero attached hydrogens (tertiary/aromatic N) is 1. The van der Waals surface area contributed by atoms with E-state index < -0.39 is 19.3 Å². The predicted octanol–water partition coefficient (Wildman–Crippen LogP) is 7.23. The fourth-order valence-corrected chi connectivity index (χ4v) is 9.66. The highest BCUT2D eigenvalue weighted by molar-refractivity contribution is 7.57. The predicted molar refractivity (Wildman–Crippen MR) is 135 cm³/mol. The molecule has 0 spiro atoms. The lowest BCUT2D eigenvalue weighted by Gasteiger charge is -2.58. The first-order chi connectivity index (χ1) is 15.6. The molecule has 0 radical (unpaired) electrons. The molecule has 1 saturated carbocycles. The van der Waals surface area contributed by atoms with E-state index in [0.717, 1.165) is 24.0 Å². The Morgan fingerprint density at radius 3 is 2.18 bits per heavy atom. The van der Waals surface area contributed by atoms with E-state index in [-0.39, 0.29) is 11.6 Å². The molecule has 0 unspecified atom stereocenters. The van der Waals surface area contributed by atoms with Crippen LogP contribution in [0.1, 0.15) is 76.8 Å². The maximum Gasteiger partial charge on any atom is 0.283 e. The van der Waals surface area contributed by atoms with Gasteiger partial charge in [0.2, 0.25) is 0 Å². The Morgan fingerprint density at radius 2 is 1.61 bits per heavy atom. The van der Waals surface area contributed by atoms with Gasteiger partial charge in [-0.15, -0.1) is 0 Å². The quantitative estimate of drug-likeness (QED) is 0.454. The highest BCUT2D eigenvalue weighted by Crippen LogP contribution is 2.73. The lowest BCUT2D eigenvalue weighted by atomic mass is 9.71. The normalized spacial score (nSPS) is 31.7. The summed E-state index contributed by atoms with van der Waals surface area (Å²) in [6.07, 6.45) is 2.22. The third kappa shape index (κ3) is 4.73. The Hall–Kier alpha value is -1.45. The van der Waals surface area contributed by atoms with Crippen molar-refractivity contribution >= 4 is 7.52 Å². The molecule has 1 saturated heterocycles. The van der Waals surface area contributed by atoms with Gasteiger partial charge in [-0.05, 0) is 49.7 Å². The van der Waals surface area contributed by atoms with Crippen LogP contribution in [0.3, 0.4) is 0 Å². The van der Waals surface area contributed by atoms with Crippen LogP contribution in [0.15, 0.2) is 60.7 Å². The van der Waals surface area contributed by atoms with Crippen LogP contribution in [-0.2, 0) is 9.09 Å². The third-order valence-corrected chi connectivity index (χ3v) is 10.9. The molecular formula is C28H40NO3P. The maximum absolute atomic E-state index is 15.3. The van der Waals surface area contributed by atoms with E-state index in [1.54, 1.807) is 0 Å². The van der Waals surface area contributed by atoms with E-state index in [2.05, 4.69) is 39.3 Å². The summed E-state index contributed by atoms with van der Waals surface area (Å²) in [4.78, 5) is 0. The molecule has 180 valence electrons. The van der Waals surface area contributed by atoms with Crippen molar-refractivity contribution in [3.8, 4) is 0 Å². The average Bonchev–Trinajstić information content (AvgIpc) is 2.78. The first kappa shape index (κ1) is 24.7. The minimum Gasteiger partial charge on any atom is -0.387 e. The number of fused-ring (bicyclic) bond motifs is 1. The van der Waals surface area contributed by atoms with Crippen molar-refractivity contribution in [3.63, 3.8) is 0 Å². The van der Waals surface area contributed by atoms with Crippen molar-refractivity contribution in [1.82, 2.24) is 4.67 Å². The van der Waals surface area contributed by atoms with E-state index in [1.165, 1.54) is 6.42 Å². The van der Waals surface area contributed by atoms with Crippen LogP contribution in [0.2, 0.25) is 0 Å². The first-order valence-corrected chi connectivity index (χ1v) is 14.1. The molecule has 6 atom stereocenters.